The van der Waals surface area contributed by atoms with Gasteiger partial charge < -0.3 is 19.2 Å². The number of carbonyl (C=O) groups is 2. The Balaban J connectivity index is 1.86. The number of nitrogens with zero attached hydrogens (tertiary/aromatic N) is 1. The second-order valence-corrected chi connectivity index (χ2v) is 6.88. The Kier molecular flexibility index (Phi) is 5.39. The number of aliphatic hydroxyl groups is 1. The highest BCUT2D eigenvalue weighted by atomic mass is 16.5. The van der Waals surface area contributed by atoms with Crippen molar-refractivity contribution in [3.05, 3.63) is 95.5 Å². The molecule has 6 nitrogen and oxygen atoms in total. The maximum Gasteiger partial charge on any atom is 0.296 e. The SMILES string of the molecule is CCOc1cccc(C2/C(=C(/O)c3ccccc3)C(=O)C(=O)N2Cc2ccco2)c1. The zero-order valence-corrected chi connectivity index (χ0v) is 16.4. The molecule has 1 atom stereocenters. The number of amides is 1. The fourth-order valence-electron chi connectivity index (χ4n) is 3.65. The van der Waals surface area contributed by atoms with E-state index in [1.54, 1.807) is 48.5 Å². The number of Topliss-reactive ketones (excluding diaryl/α,β-unsaturated/α-hetero) is 1. The lowest BCUT2D eigenvalue weighted by Gasteiger charge is -2.25. The molecule has 2 aromatic carbocycles. The second-order valence-electron chi connectivity index (χ2n) is 6.88. The second kappa shape index (κ2) is 8.29. The summed E-state index contributed by atoms with van der Waals surface area (Å²) in [4.78, 5) is 27.3. The average Bonchev–Trinajstić information content (AvgIpc) is 3.37. The van der Waals surface area contributed by atoms with Gasteiger partial charge in [-0.15, -0.1) is 0 Å². The predicted octanol–water partition coefficient (Wildman–Crippen LogP) is 4.30. The summed E-state index contributed by atoms with van der Waals surface area (Å²) in [5.41, 5.74) is 1.19. The van der Waals surface area contributed by atoms with E-state index >= 15 is 0 Å². The molecular formula is C24H21NO5. The number of ketones is 1. The Morgan fingerprint density at radius 2 is 1.87 bits per heavy atom. The van der Waals surface area contributed by atoms with Gasteiger partial charge in [0.1, 0.15) is 17.3 Å². The minimum atomic E-state index is -0.768. The molecule has 1 unspecified atom stereocenters. The largest absolute Gasteiger partial charge is 0.507 e. The lowest BCUT2D eigenvalue weighted by molar-refractivity contribution is -0.140. The fourth-order valence-corrected chi connectivity index (χ4v) is 3.65. The smallest absolute Gasteiger partial charge is 0.296 e. The van der Waals surface area contributed by atoms with E-state index in [1.807, 2.05) is 25.1 Å². The van der Waals surface area contributed by atoms with Crippen LogP contribution in [0.4, 0.5) is 0 Å². The van der Waals surface area contributed by atoms with Crippen LogP contribution in [0.3, 0.4) is 0 Å². The van der Waals surface area contributed by atoms with Gasteiger partial charge in [0.25, 0.3) is 11.7 Å². The topological polar surface area (TPSA) is 80.0 Å². The number of benzene rings is 2. The third-order valence-electron chi connectivity index (χ3n) is 4.98. The Bertz CT molecular complexity index is 1090. The third kappa shape index (κ3) is 3.59. The molecule has 0 spiro atoms. The molecule has 6 heteroatoms. The molecule has 4 rings (SSSR count). The predicted molar refractivity (Wildman–Crippen MR) is 111 cm³/mol. The van der Waals surface area contributed by atoms with Crippen LogP contribution in [0.25, 0.3) is 5.76 Å². The molecule has 1 N–H and O–H groups in total. The molecule has 0 aliphatic carbocycles. The van der Waals surface area contributed by atoms with Gasteiger partial charge in [-0.2, -0.15) is 0 Å². The summed E-state index contributed by atoms with van der Waals surface area (Å²) in [5.74, 6) is -0.450. The maximum absolute atomic E-state index is 13.0. The van der Waals surface area contributed by atoms with Crippen LogP contribution in [0.15, 0.2) is 83.0 Å². The number of carbonyl (C=O) groups excluding carboxylic acids is 2. The Labute approximate surface area is 174 Å². The monoisotopic (exact) mass is 403 g/mol. The number of rotatable bonds is 6. The zero-order chi connectivity index (χ0) is 21.1. The Morgan fingerprint density at radius 3 is 2.57 bits per heavy atom. The van der Waals surface area contributed by atoms with E-state index in [0.29, 0.717) is 29.2 Å². The lowest BCUT2D eigenvalue weighted by atomic mass is 9.95. The highest BCUT2D eigenvalue weighted by molar-refractivity contribution is 6.46. The first-order chi connectivity index (χ1) is 14.6. The molecule has 0 radical (unpaired) electrons. The van der Waals surface area contributed by atoms with Crippen molar-refractivity contribution in [3.8, 4) is 5.75 Å². The Hall–Kier alpha value is -3.80. The third-order valence-corrected chi connectivity index (χ3v) is 4.98. The summed E-state index contributed by atoms with van der Waals surface area (Å²) < 4.78 is 11.0. The van der Waals surface area contributed by atoms with Gasteiger partial charge in [0.15, 0.2) is 0 Å². The maximum atomic E-state index is 13.0. The Morgan fingerprint density at radius 1 is 1.07 bits per heavy atom. The van der Waals surface area contributed by atoms with Gasteiger partial charge in [0, 0.05) is 5.56 Å². The number of hydrogen-bond donors (Lipinski definition) is 1. The normalized spacial score (nSPS) is 18.0. The summed E-state index contributed by atoms with van der Waals surface area (Å²) in [7, 11) is 0. The molecule has 3 aromatic rings. The zero-order valence-electron chi connectivity index (χ0n) is 16.4. The summed E-state index contributed by atoms with van der Waals surface area (Å²) in [5, 5.41) is 11.0. The summed E-state index contributed by atoms with van der Waals surface area (Å²) in [6, 6.07) is 18.6. The van der Waals surface area contributed by atoms with E-state index in [-0.39, 0.29) is 17.9 Å². The number of likely N-dealkylation sites (tertiary alicyclic amines) is 1. The summed E-state index contributed by atoms with van der Waals surface area (Å²) >= 11 is 0. The van der Waals surface area contributed by atoms with E-state index in [1.165, 1.54) is 11.2 Å². The van der Waals surface area contributed by atoms with Crippen molar-refractivity contribution in [3.63, 3.8) is 0 Å². The highest BCUT2D eigenvalue weighted by Gasteiger charge is 2.46. The number of furan rings is 1. The van der Waals surface area contributed by atoms with Crippen LogP contribution in [0.5, 0.6) is 5.75 Å². The van der Waals surface area contributed by atoms with Crippen molar-refractivity contribution in [2.75, 3.05) is 6.61 Å². The van der Waals surface area contributed by atoms with E-state index < -0.39 is 17.7 Å². The molecule has 0 bridgehead atoms. The van der Waals surface area contributed by atoms with Crippen LogP contribution in [-0.2, 0) is 16.1 Å². The first-order valence-corrected chi connectivity index (χ1v) is 9.69. The fraction of sp³-hybridized carbons (Fsp3) is 0.167. The first kappa shape index (κ1) is 19.5. The quantitative estimate of drug-likeness (QED) is 0.377. The molecule has 30 heavy (non-hydrogen) atoms. The van der Waals surface area contributed by atoms with Gasteiger partial charge in [-0.1, -0.05) is 42.5 Å². The molecule has 1 aliphatic rings. The van der Waals surface area contributed by atoms with Crippen molar-refractivity contribution in [1.29, 1.82) is 0 Å². The van der Waals surface area contributed by atoms with Crippen LogP contribution in [0.2, 0.25) is 0 Å². The van der Waals surface area contributed by atoms with Crippen molar-refractivity contribution in [2.24, 2.45) is 0 Å². The molecule has 0 saturated carbocycles. The van der Waals surface area contributed by atoms with Crippen LogP contribution in [0.1, 0.15) is 29.9 Å². The van der Waals surface area contributed by atoms with Crippen molar-refractivity contribution in [1.82, 2.24) is 4.90 Å². The van der Waals surface area contributed by atoms with Gasteiger partial charge >= 0.3 is 0 Å². The lowest BCUT2D eigenvalue weighted by Crippen LogP contribution is -2.29. The van der Waals surface area contributed by atoms with Gasteiger partial charge in [-0.05, 0) is 36.8 Å². The number of ether oxygens (including phenoxy) is 1. The van der Waals surface area contributed by atoms with E-state index in [4.69, 9.17) is 9.15 Å². The minimum Gasteiger partial charge on any atom is -0.507 e. The average molecular weight is 403 g/mol. The highest BCUT2D eigenvalue weighted by Crippen LogP contribution is 2.41. The molecule has 152 valence electrons. The minimum absolute atomic E-state index is 0.0476. The van der Waals surface area contributed by atoms with Crippen LogP contribution in [0, 0.1) is 0 Å². The van der Waals surface area contributed by atoms with Crippen molar-refractivity contribution in [2.45, 2.75) is 19.5 Å². The molecule has 1 aromatic heterocycles. The first-order valence-electron chi connectivity index (χ1n) is 9.69. The van der Waals surface area contributed by atoms with E-state index in [9.17, 15) is 14.7 Å². The molecule has 2 heterocycles. The van der Waals surface area contributed by atoms with Crippen molar-refractivity contribution < 1.29 is 23.8 Å². The van der Waals surface area contributed by atoms with Gasteiger partial charge in [-0.25, -0.2) is 0 Å². The van der Waals surface area contributed by atoms with Crippen LogP contribution < -0.4 is 4.74 Å². The summed E-state index contributed by atoms with van der Waals surface area (Å²) in [6.45, 7) is 2.47. The molecule has 1 amide bonds. The van der Waals surface area contributed by atoms with E-state index in [0.717, 1.165) is 0 Å². The molecule has 1 aliphatic heterocycles. The molecule has 1 saturated heterocycles. The van der Waals surface area contributed by atoms with Gasteiger partial charge in [0.05, 0.1) is 31.0 Å². The standard InChI is InChI=1S/C24H21NO5/c1-2-29-18-11-6-10-17(14-18)21-20(22(26)16-8-4-3-5-9-16)23(27)24(28)25(21)15-19-12-7-13-30-19/h3-14,21,26H,2,15H2,1H3/b22-20-. The van der Waals surface area contributed by atoms with E-state index in [2.05, 4.69) is 0 Å². The van der Waals surface area contributed by atoms with Crippen LogP contribution in [-0.4, -0.2) is 28.3 Å². The molecule has 1 fully saturated rings. The summed E-state index contributed by atoms with van der Waals surface area (Å²) in [6.07, 6.45) is 1.51. The van der Waals surface area contributed by atoms with Gasteiger partial charge in [-0.3, -0.25) is 9.59 Å². The van der Waals surface area contributed by atoms with Crippen LogP contribution >= 0.6 is 0 Å². The number of hydrogen-bond acceptors (Lipinski definition) is 5. The van der Waals surface area contributed by atoms with Gasteiger partial charge in [0.2, 0.25) is 0 Å². The number of aliphatic hydroxyl groups excluding tert-OH is 1. The van der Waals surface area contributed by atoms with Crippen molar-refractivity contribution >= 4 is 17.4 Å². The molecular weight excluding hydrogens is 382 g/mol.